The molecule has 9 heteroatoms. The highest BCUT2D eigenvalue weighted by Gasteiger charge is 2.31. The van der Waals surface area contributed by atoms with Gasteiger partial charge < -0.3 is 29.3 Å². The van der Waals surface area contributed by atoms with Gasteiger partial charge in [0.1, 0.15) is 5.75 Å². The van der Waals surface area contributed by atoms with Gasteiger partial charge in [-0.3, -0.25) is 14.6 Å². The highest BCUT2D eigenvalue weighted by molar-refractivity contribution is 5.98. The molecule has 2 amide bonds. The summed E-state index contributed by atoms with van der Waals surface area (Å²) >= 11 is 0. The average Bonchev–Trinajstić information content (AvgIpc) is 2.93. The van der Waals surface area contributed by atoms with E-state index in [2.05, 4.69) is 4.98 Å². The molecular weight excluding hydrogens is 496 g/mol. The van der Waals surface area contributed by atoms with Gasteiger partial charge in [-0.15, -0.1) is 0 Å². The number of aromatic nitrogens is 1. The molecule has 0 saturated heterocycles. The van der Waals surface area contributed by atoms with Gasteiger partial charge in [0.2, 0.25) is 0 Å². The normalized spacial score (nSPS) is 21.8. The Morgan fingerprint density at radius 1 is 1.15 bits per heavy atom. The van der Waals surface area contributed by atoms with Gasteiger partial charge in [-0.1, -0.05) is 6.92 Å². The van der Waals surface area contributed by atoms with Crippen molar-refractivity contribution in [2.24, 2.45) is 5.92 Å². The Morgan fingerprint density at radius 2 is 1.87 bits per heavy atom. The van der Waals surface area contributed by atoms with Gasteiger partial charge in [0.25, 0.3) is 11.8 Å². The van der Waals surface area contributed by atoms with Gasteiger partial charge in [-0.2, -0.15) is 0 Å². The van der Waals surface area contributed by atoms with E-state index in [-0.39, 0.29) is 36.5 Å². The van der Waals surface area contributed by atoms with Crippen molar-refractivity contribution in [1.29, 1.82) is 0 Å². The standard InChI is InChI=1S/C30H44N4O5/c1-21-18-34(22(2)20-35)30(37)26-17-25(32(4)5)10-11-27(26)39-23(3)9-7-8-16-38-28(21)19-33(6)29(36)24-12-14-31-15-13-24/h10-15,17,21-23,28,35H,7-9,16,18-20H2,1-6H3/t21-,22+,23-,28+/m0/s1. The highest BCUT2D eigenvalue weighted by Crippen LogP contribution is 2.29. The van der Waals surface area contributed by atoms with Crippen molar-refractivity contribution in [2.45, 2.75) is 58.3 Å². The second-order valence-electron chi connectivity index (χ2n) is 10.8. The fourth-order valence-electron chi connectivity index (χ4n) is 4.72. The third-order valence-corrected chi connectivity index (χ3v) is 7.28. The number of ether oxygens (including phenoxy) is 2. The zero-order valence-corrected chi connectivity index (χ0v) is 24.2. The third kappa shape index (κ3) is 8.16. The zero-order chi connectivity index (χ0) is 28.5. The van der Waals surface area contributed by atoms with Crippen LogP contribution in [-0.2, 0) is 4.74 Å². The van der Waals surface area contributed by atoms with Gasteiger partial charge >= 0.3 is 0 Å². The van der Waals surface area contributed by atoms with Crippen molar-refractivity contribution in [1.82, 2.24) is 14.8 Å². The average molecular weight is 541 g/mol. The van der Waals surface area contributed by atoms with Crippen molar-refractivity contribution in [2.75, 3.05) is 52.3 Å². The summed E-state index contributed by atoms with van der Waals surface area (Å²) < 4.78 is 12.6. The maximum Gasteiger partial charge on any atom is 0.258 e. The Hall–Kier alpha value is -3.17. The van der Waals surface area contributed by atoms with Crippen LogP contribution in [0.25, 0.3) is 0 Å². The van der Waals surface area contributed by atoms with Crippen LogP contribution in [-0.4, -0.2) is 97.4 Å². The summed E-state index contributed by atoms with van der Waals surface area (Å²) in [7, 11) is 5.63. The summed E-state index contributed by atoms with van der Waals surface area (Å²) in [5.74, 6) is 0.124. The maximum atomic E-state index is 14.1. The van der Waals surface area contributed by atoms with Gasteiger partial charge in [0, 0.05) is 70.4 Å². The number of rotatable bonds is 6. The molecule has 0 fully saturated rings. The highest BCUT2D eigenvalue weighted by atomic mass is 16.5. The van der Waals surface area contributed by atoms with Crippen molar-refractivity contribution in [3.05, 3.63) is 53.9 Å². The molecule has 0 unspecified atom stereocenters. The predicted octanol–water partition coefficient (Wildman–Crippen LogP) is 3.72. The lowest BCUT2D eigenvalue weighted by Crippen LogP contribution is -2.48. The number of aliphatic hydroxyl groups is 1. The molecule has 2 aromatic rings. The number of pyridine rings is 1. The number of hydrogen-bond donors (Lipinski definition) is 1. The molecule has 1 aromatic carbocycles. The van der Waals surface area contributed by atoms with E-state index in [0.29, 0.717) is 36.6 Å². The van der Waals surface area contributed by atoms with Crippen molar-refractivity contribution >= 4 is 17.5 Å². The minimum atomic E-state index is -0.419. The number of likely N-dealkylation sites (N-methyl/N-ethyl adjacent to an activating group) is 1. The first-order valence-corrected chi connectivity index (χ1v) is 13.8. The van der Waals surface area contributed by atoms with Crippen LogP contribution in [0, 0.1) is 5.92 Å². The summed E-state index contributed by atoms with van der Waals surface area (Å²) in [6, 6.07) is 8.64. The molecule has 0 spiro atoms. The Kier molecular flexibility index (Phi) is 11.1. The van der Waals surface area contributed by atoms with E-state index in [1.807, 2.05) is 58.0 Å². The summed E-state index contributed by atoms with van der Waals surface area (Å²) in [4.78, 5) is 36.4. The Labute approximate surface area is 232 Å². The summed E-state index contributed by atoms with van der Waals surface area (Å²) in [6.07, 6.45) is 5.43. The predicted molar refractivity (Wildman–Crippen MR) is 152 cm³/mol. The number of amides is 2. The second-order valence-corrected chi connectivity index (χ2v) is 10.8. The van der Waals surface area contributed by atoms with E-state index >= 15 is 0 Å². The summed E-state index contributed by atoms with van der Waals surface area (Å²) in [5, 5.41) is 10.1. The molecule has 2 heterocycles. The van der Waals surface area contributed by atoms with Crippen LogP contribution in [0.3, 0.4) is 0 Å². The van der Waals surface area contributed by atoms with Crippen LogP contribution in [0.1, 0.15) is 60.7 Å². The van der Waals surface area contributed by atoms with Crippen LogP contribution in [0.2, 0.25) is 0 Å². The molecule has 39 heavy (non-hydrogen) atoms. The van der Waals surface area contributed by atoms with E-state index in [4.69, 9.17) is 9.47 Å². The van der Waals surface area contributed by atoms with E-state index < -0.39 is 6.04 Å². The fourth-order valence-corrected chi connectivity index (χ4v) is 4.72. The number of anilines is 1. The lowest BCUT2D eigenvalue weighted by Gasteiger charge is -2.36. The monoisotopic (exact) mass is 540 g/mol. The second kappa shape index (κ2) is 14.3. The Bertz CT molecular complexity index is 1080. The Balaban J connectivity index is 1.93. The number of hydrogen-bond acceptors (Lipinski definition) is 7. The molecule has 3 rings (SSSR count). The van der Waals surface area contributed by atoms with E-state index in [1.54, 1.807) is 41.4 Å². The topological polar surface area (TPSA) is 95.4 Å². The maximum absolute atomic E-state index is 14.1. The molecule has 4 atom stereocenters. The van der Waals surface area contributed by atoms with Crippen LogP contribution in [0.4, 0.5) is 5.69 Å². The molecule has 0 aliphatic carbocycles. The van der Waals surface area contributed by atoms with Crippen molar-refractivity contribution in [3.8, 4) is 5.75 Å². The van der Waals surface area contributed by atoms with Crippen LogP contribution < -0.4 is 9.64 Å². The van der Waals surface area contributed by atoms with Gasteiger partial charge in [-0.05, 0) is 63.4 Å². The van der Waals surface area contributed by atoms with Gasteiger partial charge in [-0.25, -0.2) is 0 Å². The number of carbonyl (C=O) groups is 2. The number of aliphatic hydroxyl groups excluding tert-OH is 1. The first-order valence-electron chi connectivity index (χ1n) is 13.8. The van der Waals surface area contributed by atoms with Crippen LogP contribution >= 0.6 is 0 Å². The molecule has 0 bridgehead atoms. The summed E-state index contributed by atoms with van der Waals surface area (Å²) in [5.41, 5.74) is 1.93. The molecule has 0 radical (unpaired) electrons. The van der Waals surface area contributed by atoms with Gasteiger partial charge in [0.05, 0.1) is 30.4 Å². The summed E-state index contributed by atoms with van der Waals surface area (Å²) in [6.45, 7) is 6.97. The zero-order valence-electron chi connectivity index (χ0n) is 24.2. The van der Waals surface area contributed by atoms with Crippen molar-refractivity contribution < 1.29 is 24.2 Å². The van der Waals surface area contributed by atoms with Crippen LogP contribution in [0.5, 0.6) is 5.75 Å². The van der Waals surface area contributed by atoms with Crippen molar-refractivity contribution in [3.63, 3.8) is 0 Å². The molecule has 1 aromatic heterocycles. The van der Waals surface area contributed by atoms with Crippen LogP contribution in [0.15, 0.2) is 42.7 Å². The van der Waals surface area contributed by atoms with E-state index in [9.17, 15) is 14.7 Å². The minimum Gasteiger partial charge on any atom is -0.490 e. The molecular formula is C30H44N4O5. The molecule has 0 saturated carbocycles. The van der Waals surface area contributed by atoms with Gasteiger partial charge in [0.15, 0.2) is 0 Å². The molecule has 214 valence electrons. The lowest BCUT2D eigenvalue weighted by molar-refractivity contribution is -0.0149. The fraction of sp³-hybridized carbons (Fsp3) is 0.567. The number of nitrogens with zero attached hydrogens (tertiary/aromatic N) is 4. The first-order chi connectivity index (χ1) is 18.6. The minimum absolute atomic E-state index is 0.0766. The van der Waals surface area contributed by atoms with E-state index in [0.717, 1.165) is 24.9 Å². The molecule has 1 aliphatic rings. The number of carbonyl (C=O) groups excluding carboxylic acids is 2. The molecule has 1 aliphatic heterocycles. The largest absolute Gasteiger partial charge is 0.490 e. The first kappa shape index (κ1) is 30.4. The number of fused-ring (bicyclic) bond motifs is 1. The smallest absolute Gasteiger partial charge is 0.258 e. The third-order valence-electron chi connectivity index (χ3n) is 7.28. The SMILES string of the molecule is C[C@H](CO)N1C[C@H](C)[C@@H](CN(C)C(=O)c2ccncc2)OCCCC[C@H](C)Oc2ccc(N(C)C)cc2C1=O. The van der Waals surface area contributed by atoms with E-state index in [1.165, 1.54) is 0 Å². The number of benzene rings is 1. The molecule has 9 nitrogen and oxygen atoms in total. The quantitative estimate of drug-likeness (QED) is 0.597. The molecule has 1 N–H and O–H groups in total. The lowest BCUT2D eigenvalue weighted by atomic mass is 10.0. The Morgan fingerprint density at radius 3 is 2.54 bits per heavy atom.